The average molecular weight is 336 g/mol. The minimum absolute atomic E-state index is 0.582. The highest BCUT2D eigenvalue weighted by Crippen LogP contribution is 2.44. The molecule has 1 aromatic carbocycles. The van der Waals surface area contributed by atoms with Crippen molar-refractivity contribution < 1.29 is 9.84 Å². The fraction of sp³-hybridized carbons (Fsp3) is 0.381. The third-order valence-corrected chi connectivity index (χ3v) is 5.44. The van der Waals surface area contributed by atoms with E-state index in [0.717, 1.165) is 16.8 Å². The number of rotatable bonds is 4. The number of hydrogen-bond acceptors (Lipinski definition) is 3. The quantitative estimate of drug-likeness (QED) is 0.712. The minimum atomic E-state index is -0.896. The van der Waals surface area contributed by atoms with Crippen molar-refractivity contribution in [2.75, 3.05) is 7.11 Å². The van der Waals surface area contributed by atoms with Gasteiger partial charge in [-0.15, -0.1) is 0 Å². The topological polar surface area (TPSA) is 47.3 Å². The van der Waals surface area contributed by atoms with Gasteiger partial charge in [-0.1, -0.05) is 31.0 Å². The predicted molar refractivity (Wildman–Crippen MR) is 99.3 cm³/mol. The third-order valence-electron chi connectivity index (χ3n) is 5.44. The fourth-order valence-corrected chi connectivity index (χ4v) is 4.21. The van der Waals surface area contributed by atoms with Crippen LogP contribution in [0.5, 0.6) is 0 Å². The number of aromatic nitrogens is 2. The summed E-state index contributed by atoms with van der Waals surface area (Å²) < 4.78 is 7.30. The molecule has 4 nitrogen and oxygen atoms in total. The van der Waals surface area contributed by atoms with E-state index in [2.05, 4.69) is 28.7 Å². The molecule has 1 unspecified atom stereocenters. The van der Waals surface area contributed by atoms with Crippen LogP contribution in [0.15, 0.2) is 42.6 Å². The number of aliphatic hydroxyl groups excluding tert-OH is 1. The zero-order chi connectivity index (χ0) is 17.4. The molecule has 4 heteroatoms. The third kappa shape index (κ3) is 2.75. The maximum atomic E-state index is 10.0. The van der Waals surface area contributed by atoms with Gasteiger partial charge >= 0.3 is 0 Å². The van der Waals surface area contributed by atoms with Gasteiger partial charge in [-0.05, 0) is 42.5 Å². The summed E-state index contributed by atoms with van der Waals surface area (Å²) in [5.41, 5.74) is 5.52. The lowest BCUT2D eigenvalue weighted by Gasteiger charge is -2.13. The van der Waals surface area contributed by atoms with Gasteiger partial charge in [0.2, 0.25) is 0 Å². The van der Waals surface area contributed by atoms with Crippen LogP contribution in [0.4, 0.5) is 0 Å². The predicted octanol–water partition coefficient (Wildman–Crippen LogP) is 4.54. The molecular formula is C21H24N2O2. The van der Waals surface area contributed by atoms with E-state index in [-0.39, 0.29) is 0 Å². The number of pyridine rings is 1. The van der Waals surface area contributed by atoms with Crippen molar-refractivity contribution in [3.8, 4) is 11.4 Å². The fourth-order valence-electron chi connectivity index (χ4n) is 4.21. The first-order valence-corrected chi connectivity index (χ1v) is 8.95. The largest absolute Gasteiger partial charge is 0.364 e. The van der Waals surface area contributed by atoms with E-state index in [4.69, 9.17) is 4.74 Å². The number of fused-ring (bicyclic) bond motifs is 1. The Morgan fingerprint density at radius 1 is 1.20 bits per heavy atom. The molecule has 1 aliphatic carbocycles. The standard InChI is InChI=1S/C21H24N2O2/c1-23-18-13-15(21(24)25-2)10-11-16(18)19(14-7-3-4-8-14)20(23)17-9-5-6-12-22-17/h5-6,9-14,21,24H,3-4,7-8H2,1-2H3. The molecular weight excluding hydrogens is 312 g/mol. The van der Waals surface area contributed by atoms with Crippen LogP contribution in [0.1, 0.15) is 49.0 Å². The van der Waals surface area contributed by atoms with Gasteiger partial charge in [-0.2, -0.15) is 0 Å². The highest BCUT2D eigenvalue weighted by molar-refractivity contribution is 5.92. The van der Waals surface area contributed by atoms with Crippen molar-refractivity contribution in [2.24, 2.45) is 7.05 Å². The normalized spacial score (nSPS) is 16.6. The first-order valence-electron chi connectivity index (χ1n) is 8.95. The number of aryl methyl sites for hydroxylation is 1. The van der Waals surface area contributed by atoms with E-state index in [9.17, 15) is 5.11 Å². The van der Waals surface area contributed by atoms with Crippen LogP contribution in [0.2, 0.25) is 0 Å². The van der Waals surface area contributed by atoms with Crippen LogP contribution in [0.3, 0.4) is 0 Å². The second-order valence-corrected chi connectivity index (χ2v) is 6.88. The number of nitrogens with zero attached hydrogens (tertiary/aromatic N) is 2. The second kappa shape index (κ2) is 6.62. The van der Waals surface area contributed by atoms with E-state index < -0.39 is 6.29 Å². The molecule has 1 N–H and O–H groups in total. The minimum Gasteiger partial charge on any atom is -0.364 e. The SMILES string of the molecule is COC(O)c1ccc2c(C3CCCC3)c(-c3ccccn3)n(C)c2c1. The number of methoxy groups -OCH3 is 1. The first-order chi connectivity index (χ1) is 12.2. The molecule has 0 radical (unpaired) electrons. The first kappa shape index (κ1) is 16.3. The summed E-state index contributed by atoms with van der Waals surface area (Å²) in [5.74, 6) is 0.582. The highest BCUT2D eigenvalue weighted by atomic mass is 16.6. The molecule has 2 aromatic heterocycles. The molecule has 2 heterocycles. The van der Waals surface area contributed by atoms with Crippen LogP contribution in [0, 0.1) is 0 Å². The number of benzene rings is 1. The van der Waals surface area contributed by atoms with Gasteiger partial charge < -0.3 is 14.4 Å². The van der Waals surface area contributed by atoms with Crippen LogP contribution in [-0.2, 0) is 11.8 Å². The Hall–Kier alpha value is -2.17. The zero-order valence-electron chi connectivity index (χ0n) is 14.8. The molecule has 1 fully saturated rings. The summed E-state index contributed by atoms with van der Waals surface area (Å²) in [6.45, 7) is 0. The second-order valence-electron chi connectivity index (χ2n) is 6.88. The summed E-state index contributed by atoms with van der Waals surface area (Å²) in [5, 5.41) is 11.3. The molecule has 0 saturated heterocycles. The van der Waals surface area contributed by atoms with Crippen LogP contribution < -0.4 is 0 Å². The molecule has 1 aliphatic rings. The summed E-state index contributed by atoms with van der Waals surface area (Å²) in [7, 11) is 3.61. The molecule has 25 heavy (non-hydrogen) atoms. The Morgan fingerprint density at radius 2 is 2.00 bits per heavy atom. The van der Waals surface area contributed by atoms with Crippen molar-refractivity contribution in [1.82, 2.24) is 9.55 Å². The van der Waals surface area contributed by atoms with Crippen LogP contribution >= 0.6 is 0 Å². The molecule has 0 bridgehead atoms. The molecule has 0 spiro atoms. The van der Waals surface area contributed by atoms with Crippen LogP contribution in [0.25, 0.3) is 22.3 Å². The highest BCUT2D eigenvalue weighted by Gasteiger charge is 2.27. The van der Waals surface area contributed by atoms with Gasteiger partial charge in [0.1, 0.15) is 0 Å². The van der Waals surface area contributed by atoms with Gasteiger partial charge in [0.15, 0.2) is 6.29 Å². The van der Waals surface area contributed by atoms with Crippen molar-refractivity contribution in [3.63, 3.8) is 0 Å². The summed E-state index contributed by atoms with van der Waals surface area (Å²) in [4.78, 5) is 4.62. The van der Waals surface area contributed by atoms with Gasteiger partial charge in [0, 0.05) is 36.8 Å². The average Bonchev–Trinajstić information content (AvgIpc) is 3.28. The lowest BCUT2D eigenvalue weighted by molar-refractivity contribution is -0.0768. The summed E-state index contributed by atoms with van der Waals surface area (Å²) >= 11 is 0. The summed E-state index contributed by atoms with van der Waals surface area (Å²) in [6, 6.07) is 12.2. The number of aliphatic hydroxyl groups is 1. The Morgan fingerprint density at radius 3 is 2.68 bits per heavy atom. The van der Waals surface area contributed by atoms with Crippen molar-refractivity contribution in [3.05, 3.63) is 53.7 Å². The molecule has 3 aromatic rings. The summed E-state index contributed by atoms with van der Waals surface area (Å²) in [6.07, 6.45) is 6.02. The van der Waals surface area contributed by atoms with E-state index in [1.54, 1.807) is 0 Å². The molecule has 1 saturated carbocycles. The zero-order valence-corrected chi connectivity index (χ0v) is 14.8. The van der Waals surface area contributed by atoms with E-state index in [0.29, 0.717) is 5.92 Å². The number of hydrogen-bond donors (Lipinski definition) is 1. The van der Waals surface area contributed by atoms with E-state index in [1.807, 2.05) is 30.5 Å². The Balaban J connectivity index is 1.98. The van der Waals surface area contributed by atoms with Crippen molar-refractivity contribution in [1.29, 1.82) is 0 Å². The van der Waals surface area contributed by atoms with E-state index >= 15 is 0 Å². The monoisotopic (exact) mass is 336 g/mol. The molecule has 0 amide bonds. The van der Waals surface area contributed by atoms with Gasteiger partial charge in [0.25, 0.3) is 0 Å². The van der Waals surface area contributed by atoms with Crippen molar-refractivity contribution in [2.45, 2.75) is 37.9 Å². The molecule has 0 aliphatic heterocycles. The maximum absolute atomic E-state index is 10.0. The Kier molecular flexibility index (Phi) is 4.32. The van der Waals surface area contributed by atoms with E-state index in [1.165, 1.54) is 49.4 Å². The smallest absolute Gasteiger partial charge is 0.180 e. The van der Waals surface area contributed by atoms with Crippen LogP contribution in [-0.4, -0.2) is 21.8 Å². The van der Waals surface area contributed by atoms with Crippen molar-refractivity contribution >= 4 is 10.9 Å². The number of ether oxygens (including phenoxy) is 1. The maximum Gasteiger partial charge on any atom is 0.180 e. The van der Waals surface area contributed by atoms with Gasteiger partial charge in [0.05, 0.1) is 11.4 Å². The Bertz CT molecular complexity index is 880. The lowest BCUT2D eigenvalue weighted by atomic mass is 9.93. The molecule has 130 valence electrons. The molecule has 4 rings (SSSR count). The lowest BCUT2D eigenvalue weighted by Crippen LogP contribution is -2.00. The van der Waals surface area contributed by atoms with Gasteiger partial charge in [-0.25, -0.2) is 0 Å². The Labute approximate surface area is 148 Å². The van der Waals surface area contributed by atoms with Gasteiger partial charge in [-0.3, -0.25) is 4.98 Å². The molecule has 1 atom stereocenters.